The van der Waals surface area contributed by atoms with Gasteiger partial charge in [0, 0.05) is 11.4 Å². The summed E-state index contributed by atoms with van der Waals surface area (Å²) in [6.45, 7) is 9.66. The van der Waals surface area contributed by atoms with Gasteiger partial charge < -0.3 is 4.90 Å². The Labute approximate surface area is 132 Å². The van der Waals surface area contributed by atoms with Gasteiger partial charge >= 0.3 is 0 Å². The Kier molecular flexibility index (Phi) is 5.82. The SMILES string of the molecule is CCC(CC)CN1C(=O)C(CC(C)C)NC1c1cccs1. The van der Waals surface area contributed by atoms with Gasteiger partial charge in [-0.2, -0.15) is 0 Å². The summed E-state index contributed by atoms with van der Waals surface area (Å²) in [4.78, 5) is 16.1. The molecule has 2 heterocycles. The molecule has 1 fully saturated rings. The smallest absolute Gasteiger partial charge is 0.241 e. The number of nitrogens with one attached hydrogen (secondary N) is 1. The number of rotatable bonds is 7. The molecule has 1 N–H and O–H groups in total. The van der Waals surface area contributed by atoms with Crippen molar-refractivity contribution in [3.05, 3.63) is 22.4 Å². The molecule has 21 heavy (non-hydrogen) atoms. The van der Waals surface area contributed by atoms with Gasteiger partial charge in [0.15, 0.2) is 0 Å². The third kappa shape index (κ3) is 3.86. The molecule has 0 aromatic carbocycles. The average molecular weight is 308 g/mol. The maximum atomic E-state index is 12.8. The van der Waals surface area contributed by atoms with E-state index in [4.69, 9.17) is 0 Å². The van der Waals surface area contributed by atoms with Crippen LogP contribution >= 0.6 is 11.3 Å². The van der Waals surface area contributed by atoms with Crippen LogP contribution in [0.1, 0.15) is 58.0 Å². The highest BCUT2D eigenvalue weighted by molar-refractivity contribution is 7.10. The maximum absolute atomic E-state index is 12.8. The second-order valence-electron chi connectivity index (χ2n) is 6.44. The number of amides is 1. The van der Waals surface area contributed by atoms with E-state index in [0.717, 1.165) is 25.8 Å². The van der Waals surface area contributed by atoms with Crippen LogP contribution in [-0.2, 0) is 4.79 Å². The van der Waals surface area contributed by atoms with Crippen molar-refractivity contribution in [2.45, 2.75) is 59.2 Å². The molecule has 3 nitrogen and oxygen atoms in total. The minimum Gasteiger partial charge on any atom is -0.320 e. The van der Waals surface area contributed by atoms with Gasteiger partial charge in [-0.25, -0.2) is 0 Å². The summed E-state index contributed by atoms with van der Waals surface area (Å²) in [6, 6.07) is 4.18. The van der Waals surface area contributed by atoms with Crippen LogP contribution in [0, 0.1) is 11.8 Å². The van der Waals surface area contributed by atoms with Crippen molar-refractivity contribution < 1.29 is 4.79 Å². The molecule has 2 rings (SSSR count). The first kappa shape index (κ1) is 16.5. The summed E-state index contributed by atoms with van der Waals surface area (Å²) < 4.78 is 0. The van der Waals surface area contributed by atoms with Gasteiger partial charge in [0.2, 0.25) is 5.91 Å². The summed E-state index contributed by atoms with van der Waals surface area (Å²) in [5.74, 6) is 1.41. The zero-order valence-electron chi connectivity index (χ0n) is 13.6. The zero-order chi connectivity index (χ0) is 15.4. The summed E-state index contributed by atoms with van der Waals surface area (Å²) in [5, 5.41) is 5.65. The molecule has 2 atom stereocenters. The molecule has 1 aliphatic rings. The lowest BCUT2D eigenvalue weighted by molar-refractivity contribution is -0.131. The largest absolute Gasteiger partial charge is 0.320 e. The van der Waals surface area contributed by atoms with Crippen molar-refractivity contribution in [2.75, 3.05) is 6.54 Å². The summed E-state index contributed by atoms with van der Waals surface area (Å²) >= 11 is 1.73. The highest BCUT2D eigenvalue weighted by atomic mass is 32.1. The molecule has 118 valence electrons. The topological polar surface area (TPSA) is 32.3 Å². The molecule has 0 bridgehead atoms. The van der Waals surface area contributed by atoms with Crippen LogP contribution in [0.3, 0.4) is 0 Å². The van der Waals surface area contributed by atoms with Crippen molar-refractivity contribution in [2.24, 2.45) is 11.8 Å². The minimum atomic E-state index is -0.0218. The van der Waals surface area contributed by atoms with Gasteiger partial charge in [-0.3, -0.25) is 10.1 Å². The lowest BCUT2D eigenvalue weighted by Gasteiger charge is -2.27. The monoisotopic (exact) mass is 308 g/mol. The second-order valence-corrected chi connectivity index (χ2v) is 7.42. The first-order chi connectivity index (χ1) is 10.1. The van der Waals surface area contributed by atoms with Gasteiger partial charge in [0.05, 0.1) is 6.04 Å². The summed E-state index contributed by atoms with van der Waals surface area (Å²) in [6.07, 6.45) is 3.25. The molecule has 2 unspecified atom stereocenters. The first-order valence-corrected chi connectivity index (χ1v) is 9.04. The Morgan fingerprint density at radius 3 is 2.57 bits per heavy atom. The van der Waals surface area contributed by atoms with Crippen LogP contribution in [0.4, 0.5) is 0 Å². The van der Waals surface area contributed by atoms with Crippen LogP contribution in [0.15, 0.2) is 17.5 Å². The van der Waals surface area contributed by atoms with Gasteiger partial charge in [-0.05, 0) is 29.7 Å². The Morgan fingerprint density at radius 1 is 1.33 bits per heavy atom. The maximum Gasteiger partial charge on any atom is 0.241 e. The first-order valence-electron chi connectivity index (χ1n) is 8.16. The van der Waals surface area contributed by atoms with E-state index < -0.39 is 0 Å². The molecule has 1 aliphatic heterocycles. The lowest BCUT2D eigenvalue weighted by Crippen LogP contribution is -2.35. The van der Waals surface area contributed by atoms with Crippen molar-refractivity contribution in [3.8, 4) is 0 Å². The lowest BCUT2D eigenvalue weighted by atomic mass is 10.0. The van der Waals surface area contributed by atoms with Gasteiger partial charge in [-0.1, -0.05) is 46.6 Å². The minimum absolute atomic E-state index is 0.0218. The van der Waals surface area contributed by atoms with Crippen molar-refractivity contribution in [3.63, 3.8) is 0 Å². The molecule has 1 aromatic heterocycles. The van der Waals surface area contributed by atoms with Crippen LogP contribution in [0.2, 0.25) is 0 Å². The number of nitrogens with zero attached hydrogens (tertiary/aromatic N) is 1. The number of carbonyl (C=O) groups is 1. The molecule has 0 aliphatic carbocycles. The Bertz CT molecular complexity index is 440. The number of carbonyl (C=O) groups excluding carboxylic acids is 1. The third-order valence-electron chi connectivity index (χ3n) is 4.38. The van der Waals surface area contributed by atoms with Crippen molar-refractivity contribution >= 4 is 17.2 Å². The van der Waals surface area contributed by atoms with Crippen LogP contribution in [-0.4, -0.2) is 23.4 Å². The Morgan fingerprint density at radius 2 is 2.05 bits per heavy atom. The van der Waals surface area contributed by atoms with Crippen LogP contribution < -0.4 is 5.32 Å². The van der Waals surface area contributed by atoms with E-state index in [-0.39, 0.29) is 18.1 Å². The average Bonchev–Trinajstić information content (AvgIpc) is 3.06. The summed E-state index contributed by atoms with van der Waals surface area (Å²) in [7, 11) is 0. The van der Waals surface area contributed by atoms with E-state index in [2.05, 4.69) is 55.4 Å². The standard InChI is InChI=1S/C17H28N2OS/c1-5-13(6-2)11-19-16(15-8-7-9-21-15)18-14(17(19)20)10-12(3)4/h7-9,12-14,16,18H,5-6,10-11H2,1-4H3. The fourth-order valence-electron chi connectivity index (χ4n) is 3.02. The Hall–Kier alpha value is -0.870. The molecule has 1 saturated heterocycles. The molecule has 4 heteroatoms. The molecule has 1 aromatic rings. The molecule has 0 spiro atoms. The van der Waals surface area contributed by atoms with Crippen LogP contribution in [0.5, 0.6) is 0 Å². The quantitative estimate of drug-likeness (QED) is 0.825. The normalized spacial score (nSPS) is 22.8. The molecule has 0 radical (unpaired) electrons. The second kappa shape index (κ2) is 7.41. The van der Waals surface area contributed by atoms with E-state index >= 15 is 0 Å². The molecule has 0 saturated carbocycles. The van der Waals surface area contributed by atoms with E-state index in [0.29, 0.717) is 11.8 Å². The van der Waals surface area contributed by atoms with Crippen LogP contribution in [0.25, 0.3) is 0 Å². The predicted molar refractivity (Wildman–Crippen MR) is 89.2 cm³/mol. The van der Waals surface area contributed by atoms with Gasteiger partial charge in [0.1, 0.15) is 6.17 Å². The fraction of sp³-hybridized carbons (Fsp3) is 0.706. The van der Waals surface area contributed by atoms with E-state index in [9.17, 15) is 4.79 Å². The third-order valence-corrected chi connectivity index (χ3v) is 5.31. The van der Waals surface area contributed by atoms with Gasteiger partial charge in [0.25, 0.3) is 0 Å². The highest BCUT2D eigenvalue weighted by Gasteiger charge is 2.40. The zero-order valence-corrected chi connectivity index (χ0v) is 14.5. The van der Waals surface area contributed by atoms with E-state index in [1.165, 1.54) is 4.88 Å². The number of hydrogen-bond acceptors (Lipinski definition) is 3. The van der Waals surface area contributed by atoms with E-state index in [1.54, 1.807) is 11.3 Å². The molecular formula is C17H28N2OS. The molecular weight excluding hydrogens is 280 g/mol. The fourth-order valence-corrected chi connectivity index (χ4v) is 3.82. The Balaban J connectivity index is 2.17. The van der Waals surface area contributed by atoms with Crippen molar-refractivity contribution in [1.82, 2.24) is 10.2 Å². The highest BCUT2D eigenvalue weighted by Crippen LogP contribution is 2.31. The molecule has 1 amide bonds. The van der Waals surface area contributed by atoms with E-state index in [1.807, 2.05) is 0 Å². The number of hydrogen-bond donors (Lipinski definition) is 1. The summed E-state index contributed by atoms with van der Waals surface area (Å²) in [5.41, 5.74) is 0. The van der Waals surface area contributed by atoms with Gasteiger partial charge in [-0.15, -0.1) is 11.3 Å². The predicted octanol–water partition coefficient (Wildman–Crippen LogP) is 4.03. The van der Waals surface area contributed by atoms with Crippen molar-refractivity contribution in [1.29, 1.82) is 0 Å². The number of thiophene rings is 1.